The Morgan fingerprint density at radius 1 is 1.21 bits per heavy atom. The molecule has 1 aromatic carbocycles. The molecule has 6 atom stereocenters. The number of rotatable bonds is 8. The van der Waals surface area contributed by atoms with Crippen LogP contribution in [0.25, 0.3) is 0 Å². The number of carbonyl (C=O) groups excluding carboxylic acids is 1. The number of carbonyl (C=O) groups is 1. The highest BCUT2D eigenvalue weighted by Crippen LogP contribution is 2.50. The number of benzene rings is 1. The molecule has 3 aliphatic carbocycles. The molecule has 5 unspecified atom stereocenters. The summed E-state index contributed by atoms with van der Waals surface area (Å²) < 4.78 is 11.4. The van der Waals surface area contributed by atoms with Crippen LogP contribution in [0.2, 0.25) is 0 Å². The van der Waals surface area contributed by atoms with Gasteiger partial charge in [-0.3, -0.25) is 9.36 Å². The Bertz CT molecular complexity index is 814. The zero-order valence-electron chi connectivity index (χ0n) is 17.4. The standard InChI is InChI=1S/C24H34NO3P/c1-29(27,28)15-7-3-2-4-10-21-18-11-12-19(16-18)23(21)25-24(26)22-14-13-17-8-5-6-9-20(17)22/h2,4-6,8-9,18-19,21-23H,3,7,10-16H2,1H3,(H,25,26)(H,27,28)/b4-2-/t18-,19?,21?,22?,23?/m1/s1. The first-order chi connectivity index (χ1) is 13.9. The number of aryl methyl sites for hydroxylation is 1. The van der Waals surface area contributed by atoms with Crippen LogP contribution in [0, 0.1) is 17.8 Å². The average molecular weight is 416 g/mol. The van der Waals surface area contributed by atoms with E-state index in [-0.39, 0.29) is 11.8 Å². The third-order valence-electron chi connectivity index (χ3n) is 7.37. The third kappa shape index (κ3) is 4.86. The zero-order chi connectivity index (χ0) is 20.4. The smallest absolute Gasteiger partial charge is 0.227 e. The maximum absolute atomic E-state index is 13.1. The Balaban J connectivity index is 1.33. The summed E-state index contributed by atoms with van der Waals surface area (Å²) in [5.74, 6) is 2.16. The van der Waals surface area contributed by atoms with Crippen molar-refractivity contribution in [3.8, 4) is 0 Å². The number of unbranched alkanes of at least 4 members (excludes halogenated alkanes) is 1. The second kappa shape index (κ2) is 8.78. The second-order valence-corrected chi connectivity index (χ2v) is 12.0. The van der Waals surface area contributed by atoms with Crippen molar-refractivity contribution in [2.45, 2.75) is 63.3 Å². The van der Waals surface area contributed by atoms with Gasteiger partial charge >= 0.3 is 0 Å². The Labute approximate surface area is 174 Å². The molecule has 2 fully saturated rings. The van der Waals surface area contributed by atoms with E-state index in [0.717, 1.165) is 38.0 Å². The van der Waals surface area contributed by atoms with E-state index >= 15 is 0 Å². The van der Waals surface area contributed by atoms with Gasteiger partial charge in [-0.15, -0.1) is 0 Å². The lowest BCUT2D eigenvalue weighted by atomic mass is 9.81. The molecule has 29 heavy (non-hydrogen) atoms. The van der Waals surface area contributed by atoms with E-state index in [0.29, 0.717) is 24.0 Å². The van der Waals surface area contributed by atoms with Crippen molar-refractivity contribution in [3.63, 3.8) is 0 Å². The van der Waals surface area contributed by atoms with Gasteiger partial charge in [0.2, 0.25) is 5.91 Å². The van der Waals surface area contributed by atoms with Crippen LogP contribution in [0.1, 0.15) is 62.0 Å². The minimum absolute atomic E-state index is 0.0183. The van der Waals surface area contributed by atoms with Gasteiger partial charge in [-0.2, -0.15) is 0 Å². The summed E-state index contributed by atoms with van der Waals surface area (Å²) in [7, 11) is -2.89. The molecule has 0 spiro atoms. The van der Waals surface area contributed by atoms with Gasteiger partial charge in [-0.05, 0) is 80.2 Å². The number of allylic oxidation sites excluding steroid dienone is 2. The van der Waals surface area contributed by atoms with Gasteiger partial charge in [0.05, 0.1) is 5.92 Å². The molecule has 4 rings (SSSR count). The predicted octanol–water partition coefficient (Wildman–Crippen LogP) is 4.87. The molecule has 2 bridgehead atoms. The number of fused-ring (bicyclic) bond motifs is 3. The number of amides is 1. The van der Waals surface area contributed by atoms with E-state index in [9.17, 15) is 14.3 Å². The van der Waals surface area contributed by atoms with E-state index in [1.165, 1.54) is 37.1 Å². The minimum Gasteiger partial charge on any atom is -0.352 e. The number of hydrogen-bond donors (Lipinski definition) is 2. The minimum atomic E-state index is -2.89. The summed E-state index contributed by atoms with van der Waals surface area (Å²) in [6.45, 7) is 1.43. The second-order valence-electron chi connectivity index (χ2n) is 9.45. The average Bonchev–Trinajstić information content (AvgIpc) is 3.38. The summed E-state index contributed by atoms with van der Waals surface area (Å²) in [5.41, 5.74) is 2.56. The lowest BCUT2D eigenvalue weighted by molar-refractivity contribution is -0.124. The van der Waals surface area contributed by atoms with Gasteiger partial charge in [0.15, 0.2) is 7.37 Å². The Morgan fingerprint density at radius 2 is 2.00 bits per heavy atom. The molecule has 1 aromatic rings. The van der Waals surface area contributed by atoms with Gasteiger partial charge in [0.25, 0.3) is 0 Å². The monoisotopic (exact) mass is 415 g/mol. The third-order valence-corrected chi connectivity index (χ3v) is 8.51. The zero-order valence-corrected chi connectivity index (χ0v) is 18.3. The Hall–Kier alpha value is -1.38. The summed E-state index contributed by atoms with van der Waals surface area (Å²) in [4.78, 5) is 22.5. The van der Waals surface area contributed by atoms with Crippen LogP contribution in [0.4, 0.5) is 0 Å². The van der Waals surface area contributed by atoms with Crippen LogP contribution in [-0.4, -0.2) is 29.7 Å². The summed E-state index contributed by atoms with van der Waals surface area (Å²) in [6, 6.07) is 8.70. The molecular formula is C24H34NO3P. The van der Waals surface area contributed by atoms with Crippen molar-refractivity contribution in [3.05, 3.63) is 47.5 Å². The highest BCUT2D eigenvalue weighted by Gasteiger charge is 2.48. The molecule has 1 amide bonds. The molecule has 0 saturated heterocycles. The van der Waals surface area contributed by atoms with Crippen LogP contribution >= 0.6 is 7.37 Å². The van der Waals surface area contributed by atoms with Crippen LogP contribution in [0.15, 0.2) is 36.4 Å². The molecule has 0 heterocycles. The first kappa shape index (κ1) is 20.9. The molecule has 0 radical (unpaired) electrons. The quantitative estimate of drug-likeness (QED) is 0.361. The van der Waals surface area contributed by atoms with Gasteiger partial charge in [0.1, 0.15) is 0 Å². The van der Waals surface area contributed by atoms with Crippen LogP contribution in [0.5, 0.6) is 0 Å². The molecule has 0 aromatic heterocycles. The SMILES string of the molecule is CP(=O)(O)CCC/C=C\CC1C(NC(=O)C2CCc3ccccc32)C2CC[C@@H]1C2. The molecule has 158 valence electrons. The molecule has 5 heteroatoms. The van der Waals surface area contributed by atoms with Crippen molar-refractivity contribution in [2.24, 2.45) is 17.8 Å². The lowest BCUT2D eigenvalue weighted by Gasteiger charge is -2.32. The lowest BCUT2D eigenvalue weighted by Crippen LogP contribution is -2.45. The fourth-order valence-electron chi connectivity index (χ4n) is 5.94. The summed E-state index contributed by atoms with van der Waals surface area (Å²) in [5, 5.41) is 3.47. The molecule has 2 N–H and O–H groups in total. The Kier molecular flexibility index (Phi) is 6.32. The van der Waals surface area contributed by atoms with Crippen molar-refractivity contribution in [2.75, 3.05) is 12.8 Å². The van der Waals surface area contributed by atoms with E-state index in [1.807, 2.05) is 6.07 Å². The van der Waals surface area contributed by atoms with E-state index in [4.69, 9.17) is 0 Å². The topological polar surface area (TPSA) is 66.4 Å². The number of nitrogens with one attached hydrogen (secondary N) is 1. The fourth-order valence-corrected chi connectivity index (χ4v) is 6.71. The van der Waals surface area contributed by atoms with E-state index < -0.39 is 7.37 Å². The Morgan fingerprint density at radius 3 is 2.83 bits per heavy atom. The first-order valence-corrected chi connectivity index (χ1v) is 13.5. The fraction of sp³-hybridized carbons (Fsp3) is 0.625. The van der Waals surface area contributed by atoms with E-state index in [2.05, 4.69) is 35.7 Å². The van der Waals surface area contributed by atoms with Gasteiger partial charge < -0.3 is 10.2 Å². The van der Waals surface area contributed by atoms with Crippen molar-refractivity contribution < 1.29 is 14.3 Å². The van der Waals surface area contributed by atoms with Crippen molar-refractivity contribution in [1.29, 1.82) is 0 Å². The van der Waals surface area contributed by atoms with Gasteiger partial charge in [-0.1, -0.05) is 36.4 Å². The largest absolute Gasteiger partial charge is 0.352 e. The first-order valence-electron chi connectivity index (χ1n) is 11.2. The van der Waals surface area contributed by atoms with Crippen molar-refractivity contribution in [1.82, 2.24) is 5.32 Å². The number of hydrogen-bond acceptors (Lipinski definition) is 2. The van der Waals surface area contributed by atoms with Crippen molar-refractivity contribution >= 4 is 13.3 Å². The maximum atomic E-state index is 13.1. The maximum Gasteiger partial charge on any atom is 0.227 e. The highest BCUT2D eigenvalue weighted by atomic mass is 31.2. The molecule has 0 aliphatic heterocycles. The predicted molar refractivity (Wildman–Crippen MR) is 117 cm³/mol. The molecular weight excluding hydrogens is 381 g/mol. The summed E-state index contributed by atoms with van der Waals surface area (Å²) in [6.07, 6.45) is 13.2. The molecule has 4 nitrogen and oxygen atoms in total. The molecule has 2 saturated carbocycles. The molecule has 3 aliphatic rings. The van der Waals surface area contributed by atoms with E-state index in [1.54, 1.807) is 0 Å². The van der Waals surface area contributed by atoms with Crippen LogP contribution < -0.4 is 5.32 Å². The normalized spacial score (nSPS) is 32.4. The summed E-state index contributed by atoms with van der Waals surface area (Å²) >= 11 is 0. The van der Waals surface area contributed by atoms with Gasteiger partial charge in [0, 0.05) is 18.9 Å². The van der Waals surface area contributed by atoms with Crippen LogP contribution in [0.3, 0.4) is 0 Å². The van der Waals surface area contributed by atoms with Crippen LogP contribution in [-0.2, 0) is 15.8 Å². The highest BCUT2D eigenvalue weighted by molar-refractivity contribution is 7.57. The van der Waals surface area contributed by atoms with Gasteiger partial charge in [-0.25, -0.2) is 0 Å².